The molecule has 446 valence electrons. The van der Waals surface area contributed by atoms with E-state index in [1.807, 2.05) is 167 Å². The van der Waals surface area contributed by atoms with E-state index in [0.29, 0.717) is 86.0 Å². The third-order valence-electron chi connectivity index (χ3n) is 15.8. The van der Waals surface area contributed by atoms with Crippen LogP contribution in [0.5, 0.6) is 0 Å². The van der Waals surface area contributed by atoms with Crippen molar-refractivity contribution in [1.29, 1.82) is 0 Å². The average molecular weight is 1180 g/mol. The van der Waals surface area contributed by atoms with Crippen LogP contribution in [0.1, 0.15) is 70.1 Å². The lowest BCUT2D eigenvalue weighted by molar-refractivity contribution is -0.166. The Kier molecular flexibility index (Phi) is 19.0. The van der Waals surface area contributed by atoms with Gasteiger partial charge in [-0.2, -0.15) is 9.97 Å². The van der Waals surface area contributed by atoms with Gasteiger partial charge in [-0.25, -0.2) is 8.78 Å². The molecule has 0 saturated carbocycles. The standard InChI is InChI=1S/C38H37FN4O4.C31H31FN4O4/c1-26(2)40-36(44)38(37(45)46-25-28-9-5-3-6-10-28)19-21-43(22-20-38)24-27-13-15-30(16-14-27)34-41-35(47-42-34)31-17-18-32(33(39)23-31)29-11-7-4-8-12-29;1-20(2)33-29(37)31(30(38)39)14-16-36(17-15-31)19-21-8-10-23(11-9-21)27-34-28(40-35-27)24-12-13-25(26(32)18-24)22-6-4-3-5-7-22/h3-18,23,26H,19-22,24-25H2,1-2H3,(H,40,44);3-13,18,20H,14-17,19H2,1-2H3,(H,33,37)(H,38,39). The second-order valence-electron chi connectivity index (χ2n) is 22.7. The number of rotatable bonds is 18. The van der Waals surface area contributed by atoms with Crippen LogP contribution in [0, 0.1) is 22.5 Å². The number of carboxylic acid groups (broad SMARTS) is 1. The van der Waals surface area contributed by atoms with Crippen LogP contribution in [0.2, 0.25) is 0 Å². The molecule has 7 aromatic carbocycles. The maximum atomic E-state index is 14.9. The van der Waals surface area contributed by atoms with E-state index in [1.54, 1.807) is 24.3 Å². The first-order chi connectivity index (χ1) is 42.0. The molecule has 2 aliphatic rings. The zero-order chi connectivity index (χ0) is 61.1. The van der Waals surface area contributed by atoms with Crippen LogP contribution in [-0.4, -0.2) is 97.2 Å². The van der Waals surface area contributed by atoms with Gasteiger partial charge in [-0.1, -0.05) is 162 Å². The zero-order valence-electron chi connectivity index (χ0n) is 48.9. The number of piperidine rings is 2. The van der Waals surface area contributed by atoms with Crippen molar-refractivity contribution in [1.82, 2.24) is 40.7 Å². The van der Waals surface area contributed by atoms with E-state index < -0.39 is 28.7 Å². The van der Waals surface area contributed by atoms with Crippen molar-refractivity contribution in [2.45, 2.75) is 85.2 Å². The minimum Gasteiger partial charge on any atom is -0.480 e. The Morgan fingerprint density at radius 3 is 1.28 bits per heavy atom. The molecule has 18 heteroatoms. The number of aromatic nitrogens is 4. The van der Waals surface area contributed by atoms with Gasteiger partial charge in [0.1, 0.15) is 29.1 Å². The number of nitrogens with zero attached hydrogens (tertiary/aromatic N) is 6. The lowest BCUT2D eigenvalue weighted by atomic mass is 9.77. The predicted octanol–water partition coefficient (Wildman–Crippen LogP) is 12.5. The van der Waals surface area contributed by atoms with Crippen molar-refractivity contribution < 1.29 is 46.8 Å². The van der Waals surface area contributed by atoms with Crippen LogP contribution < -0.4 is 10.6 Å². The maximum absolute atomic E-state index is 14.9. The third-order valence-corrected chi connectivity index (χ3v) is 15.8. The topological polar surface area (TPSA) is 206 Å². The second-order valence-corrected chi connectivity index (χ2v) is 22.7. The SMILES string of the molecule is CC(C)NC(=O)C1(C(=O)O)CCN(Cc2ccc(-c3noc(-c4ccc(-c5ccccc5)c(F)c4)n3)cc2)CC1.CC(C)NC(=O)C1(C(=O)OCc2ccccc2)CCN(Cc2ccc(-c3noc(-c4ccc(-c5ccccc5)c(F)c4)n3)cc2)CC1. The summed E-state index contributed by atoms with van der Waals surface area (Å²) in [5.74, 6) is -1.68. The number of aliphatic carboxylic acids is 1. The number of carbonyl (C=O) groups is 4. The Hall–Kier alpha value is -9.52. The third kappa shape index (κ3) is 14.4. The quantitative estimate of drug-likeness (QED) is 0.0540. The summed E-state index contributed by atoms with van der Waals surface area (Å²) in [6.45, 7) is 11.0. The molecule has 0 radical (unpaired) electrons. The Bertz CT molecular complexity index is 3810. The summed E-state index contributed by atoms with van der Waals surface area (Å²) in [5, 5.41) is 23.7. The summed E-state index contributed by atoms with van der Waals surface area (Å²) < 4.78 is 46.3. The summed E-state index contributed by atoms with van der Waals surface area (Å²) in [5.41, 5.74) is 5.51. The first kappa shape index (κ1) is 60.6. The molecule has 2 aromatic heterocycles. The molecule has 11 rings (SSSR count). The normalized spacial score (nSPS) is 14.9. The minimum absolute atomic E-state index is 0.0884. The van der Waals surface area contributed by atoms with Gasteiger partial charge >= 0.3 is 11.9 Å². The van der Waals surface area contributed by atoms with Crippen molar-refractivity contribution in [3.05, 3.63) is 204 Å². The van der Waals surface area contributed by atoms with Crippen molar-refractivity contribution in [2.24, 2.45) is 10.8 Å². The highest BCUT2D eigenvalue weighted by Gasteiger charge is 2.50. The zero-order valence-corrected chi connectivity index (χ0v) is 48.9. The van der Waals surface area contributed by atoms with Crippen LogP contribution in [0.15, 0.2) is 185 Å². The van der Waals surface area contributed by atoms with Gasteiger partial charge in [0.05, 0.1) is 0 Å². The number of hydrogen-bond acceptors (Lipinski definition) is 13. The summed E-state index contributed by atoms with van der Waals surface area (Å²) in [6.07, 6.45) is 1.26. The number of benzene rings is 7. The van der Waals surface area contributed by atoms with E-state index in [2.05, 4.69) is 40.7 Å². The van der Waals surface area contributed by atoms with Gasteiger partial charge in [0.2, 0.25) is 23.5 Å². The van der Waals surface area contributed by atoms with E-state index in [4.69, 9.17) is 13.8 Å². The van der Waals surface area contributed by atoms with Crippen LogP contribution in [0.4, 0.5) is 8.78 Å². The molecule has 2 amide bonds. The Balaban J connectivity index is 0.000000195. The number of hydrogen-bond donors (Lipinski definition) is 3. The van der Waals surface area contributed by atoms with Crippen LogP contribution in [0.25, 0.3) is 67.9 Å². The number of carbonyl (C=O) groups excluding carboxylic acids is 3. The summed E-state index contributed by atoms with van der Waals surface area (Å²) in [7, 11) is 0. The molecule has 4 heterocycles. The minimum atomic E-state index is -1.38. The first-order valence-electron chi connectivity index (χ1n) is 29.1. The molecule has 16 nitrogen and oxygen atoms in total. The monoisotopic (exact) mass is 1170 g/mol. The fourth-order valence-electron chi connectivity index (χ4n) is 10.9. The Morgan fingerprint density at radius 1 is 0.506 bits per heavy atom. The van der Waals surface area contributed by atoms with Gasteiger partial charge in [0.15, 0.2) is 0 Å². The second kappa shape index (κ2) is 27.2. The largest absolute Gasteiger partial charge is 0.480 e. The fourth-order valence-corrected chi connectivity index (χ4v) is 10.9. The number of ether oxygens (including phenoxy) is 1. The van der Waals surface area contributed by atoms with Crippen LogP contribution in [-0.2, 0) is 43.6 Å². The van der Waals surface area contributed by atoms with Crippen molar-refractivity contribution in [3.63, 3.8) is 0 Å². The van der Waals surface area contributed by atoms with E-state index in [0.717, 1.165) is 38.9 Å². The number of halogens is 2. The molecule has 9 aromatic rings. The van der Waals surface area contributed by atoms with E-state index in [1.165, 1.54) is 12.1 Å². The van der Waals surface area contributed by atoms with E-state index in [-0.39, 0.29) is 60.9 Å². The molecule has 0 unspecified atom stereocenters. The maximum Gasteiger partial charge on any atom is 0.322 e. The van der Waals surface area contributed by atoms with Gasteiger partial charge in [-0.15, -0.1) is 0 Å². The van der Waals surface area contributed by atoms with Gasteiger partial charge in [0.25, 0.3) is 11.8 Å². The highest BCUT2D eigenvalue weighted by Crippen LogP contribution is 2.37. The van der Waals surface area contributed by atoms with Gasteiger partial charge in [-0.3, -0.25) is 29.0 Å². The molecule has 87 heavy (non-hydrogen) atoms. The molecule has 0 bridgehead atoms. The van der Waals surface area contributed by atoms with Crippen molar-refractivity contribution >= 4 is 23.8 Å². The van der Waals surface area contributed by atoms with Crippen LogP contribution >= 0.6 is 0 Å². The average Bonchev–Trinajstić information content (AvgIpc) is 4.14. The van der Waals surface area contributed by atoms with Crippen LogP contribution in [0.3, 0.4) is 0 Å². The smallest absolute Gasteiger partial charge is 0.322 e. The van der Waals surface area contributed by atoms with Gasteiger partial charge < -0.3 is 29.5 Å². The molecule has 0 spiro atoms. The molecule has 2 saturated heterocycles. The van der Waals surface area contributed by atoms with Gasteiger partial charge in [0, 0.05) is 84.7 Å². The molecule has 2 fully saturated rings. The summed E-state index contributed by atoms with van der Waals surface area (Å²) >= 11 is 0. The highest BCUT2D eigenvalue weighted by atomic mass is 19.1. The fraction of sp³-hybridized carbons (Fsp3) is 0.275. The first-order valence-corrected chi connectivity index (χ1v) is 29.1. The predicted molar refractivity (Wildman–Crippen MR) is 325 cm³/mol. The van der Waals surface area contributed by atoms with Gasteiger partial charge in [-0.05, 0) is 105 Å². The molecule has 0 aliphatic carbocycles. The Morgan fingerprint density at radius 2 is 0.885 bits per heavy atom. The molecule has 3 N–H and O–H groups in total. The van der Waals surface area contributed by atoms with Crippen molar-refractivity contribution in [3.8, 4) is 67.9 Å². The van der Waals surface area contributed by atoms with E-state index >= 15 is 0 Å². The molecular formula is C69H68F2N8O8. The molecular weight excluding hydrogens is 1110 g/mol. The lowest BCUT2D eigenvalue weighted by Crippen LogP contribution is -2.54. The number of amides is 2. The highest BCUT2D eigenvalue weighted by molar-refractivity contribution is 6.03. The van der Waals surface area contributed by atoms with Crippen molar-refractivity contribution in [2.75, 3.05) is 26.2 Å². The lowest BCUT2D eigenvalue weighted by Gasteiger charge is -2.39. The summed E-state index contributed by atoms with van der Waals surface area (Å²) in [4.78, 5) is 64.7. The summed E-state index contributed by atoms with van der Waals surface area (Å²) in [6, 6.07) is 53.3. The van der Waals surface area contributed by atoms with E-state index in [9.17, 15) is 33.1 Å². The number of esters is 1. The number of nitrogens with one attached hydrogen (secondary N) is 2. The molecule has 2 aliphatic heterocycles. The number of carboxylic acids is 1. The molecule has 0 atom stereocenters. The Labute approximate surface area is 503 Å². The number of likely N-dealkylation sites (tertiary alicyclic amines) is 2.